The van der Waals surface area contributed by atoms with Gasteiger partial charge in [-0.25, -0.2) is 4.79 Å². The summed E-state index contributed by atoms with van der Waals surface area (Å²) in [7, 11) is 0. The molecule has 1 aliphatic heterocycles. The topological polar surface area (TPSA) is 57.3 Å². The predicted octanol–water partition coefficient (Wildman–Crippen LogP) is 3.56. The van der Waals surface area contributed by atoms with Crippen LogP contribution < -0.4 is 15.5 Å². The minimum Gasteiger partial charge on any atom is -0.371 e. The molecule has 0 bridgehead atoms. The first kappa shape index (κ1) is 15.3. The maximum absolute atomic E-state index is 12.2. The summed E-state index contributed by atoms with van der Waals surface area (Å²) >= 11 is 0. The van der Waals surface area contributed by atoms with Crippen molar-refractivity contribution in [3.05, 3.63) is 54.4 Å². The summed E-state index contributed by atoms with van der Waals surface area (Å²) in [6, 6.07) is 13.3. The molecule has 0 unspecified atom stereocenters. The largest absolute Gasteiger partial charge is 0.371 e. The molecule has 1 aliphatic rings. The lowest BCUT2D eigenvalue weighted by Crippen LogP contribution is -2.31. The maximum atomic E-state index is 12.2. The molecule has 1 fully saturated rings. The van der Waals surface area contributed by atoms with E-state index in [1.54, 1.807) is 6.20 Å². The van der Waals surface area contributed by atoms with Crippen LogP contribution in [0.25, 0.3) is 0 Å². The fourth-order valence-electron chi connectivity index (χ4n) is 2.83. The molecule has 23 heavy (non-hydrogen) atoms. The van der Waals surface area contributed by atoms with Gasteiger partial charge in [0.2, 0.25) is 0 Å². The van der Waals surface area contributed by atoms with Gasteiger partial charge in [-0.05, 0) is 50.1 Å². The predicted molar refractivity (Wildman–Crippen MR) is 92.7 cm³/mol. The van der Waals surface area contributed by atoms with Crippen molar-refractivity contribution < 1.29 is 4.79 Å². The molecule has 2 heterocycles. The molecule has 0 radical (unpaired) electrons. The number of aromatic nitrogens is 1. The smallest absolute Gasteiger partial charge is 0.319 e. The number of hydrogen-bond donors (Lipinski definition) is 2. The minimum absolute atomic E-state index is 0.141. The molecule has 2 aromatic rings. The van der Waals surface area contributed by atoms with E-state index in [4.69, 9.17) is 0 Å². The maximum Gasteiger partial charge on any atom is 0.319 e. The Morgan fingerprint density at radius 3 is 2.74 bits per heavy atom. The molecule has 0 spiro atoms. The van der Waals surface area contributed by atoms with Crippen molar-refractivity contribution in [2.45, 2.75) is 25.8 Å². The van der Waals surface area contributed by atoms with Gasteiger partial charge in [-0.1, -0.05) is 12.1 Å². The molecule has 3 rings (SSSR count). The average Bonchev–Trinajstić information content (AvgIpc) is 3.10. The Hall–Kier alpha value is -2.56. The van der Waals surface area contributed by atoms with E-state index in [0.29, 0.717) is 0 Å². The average molecular weight is 310 g/mol. The van der Waals surface area contributed by atoms with E-state index in [1.165, 1.54) is 12.8 Å². The second kappa shape index (κ2) is 7.13. The molecule has 5 nitrogen and oxygen atoms in total. The van der Waals surface area contributed by atoms with E-state index < -0.39 is 0 Å². The van der Waals surface area contributed by atoms with Gasteiger partial charge in [-0.2, -0.15) is 0 Å². The van der Waals surface area contributed by atoms with Crippen LogP contribution in [0.5, 0.6) is 0 Å². The Bertz CT molecular complexity index is 653. The molecule has 1 atom stereocenters. The third-order valence-corrected chi connectivity index (χ3v) is 4.05. The van der Waals surface area contributed by atoms with E-state index in [1.807, 2.05) is 43.3 Å². The van der Waals surface area contributed by atoms with Crippen LogP contribution in [-0.2, 0) is 0 Å². The second-order valence-corrected chi connectivity index (χ2v) is 5.82. The van der Waals surface area contributed by atoms with Crippen molar-refractivity contribution >= 4 is 17.4 Å². The molecule has 120 valence electrons. The van der Waals surface area contributed by atoms with E-state index in [9.17, 15) is 4.79 Å². The van der Waals surface area contributed by atoms with Gasteiger partial charge in [0.1, 0.15) is 0 Å². The molecule has 0 saturated carbocycles. The fraction of sp³-hybridized carbons (Fsp3) is 0.333. The number of pyridine rings is 1. The Morgan fingerprint density at radius 2 is 2.00 bits per heavy atom. The zero-order valence-electron chi connectivity index (χ0n) is 13.3. The van der Waals surface area contributed by atoms with Crippen molar-refractivity contribution in [3.8, 4) is 0 Å². The number of carbonyl (C=O) groups excluding carboxylic acids is 1. The first-order chi connectivity index (χ1) is 11.2. The molecule has 2 N–H and O–H groups in total. The molecule has 1 saturated heterocycles. The molecule has 1 aromatic heterocycles. The highest BCUT2D eigenvalue weighted by atomic mass is 16.2. The number of rotatable bonds is 4. The molecular weight excluding hydrogens is 288 g/mol. The Kier molecular flexibility index (Phi) is 4.76. The fourth-order valence-corrected chi connectivity index (χ4v) is 2.83. The van der Waals surface area contributed by atoms with Gasteiger partial charge in [0.05, 0.1) is 11.7 Å². The van der Waals surface area contributed by atoms with Crippen molar-refractivity contribution in [3.63, 3.8) is 0 Å². The first-order valence-electron chi connectivity index (χ1n) is 8.06. The second-order valence-electron chi connectivity index (χ2n) is 5.82. The minimum atomic E-state index is -0.221. The van der Waals surface area contributed by atoms with Crippen molar-refractivity contribution in [2.75, 3.05) is 23.3 Å². The number of benzene rings is 1. The highest BCUT2D eigenvalue weighted by Gasteiger charge is 2.14. The van der Waals surface area contributed by atoms with Crippen LogP contribution in [0.2, 0.25) is 0 Å². The van der Waals surface area contributed by atoms with Crippen LogP contribution in [0.3, 0.4) is 0 Å². The van der Waals surface area contributed by atoms with Crippen LogP contribution in [-0.4, -0.2) is 24.1 Å². The highest BCUT2D eigenvalue weighted by Crippen LogP contribution is 2.23. The van der Waals surface area contributed by atoms with Crippen LogP contribution in [0, 0.1) is 0 Å². The highest BCUT2D eigenvalue weighted by molar-refractivity contribution is 5.90. The third-order valence-electron chi connectivity index (χ3n) is 4.05. The quantitative estimate of drug-likeness (QED) is 0.907. The standard InChI is InChI=1S/C18H22N4O/c1-14(17-9-2-3-10-19-17)20-18(23)21-15-7-6-8-16(13-15)22-11-4-5-12-22/h2-3,6-10,13-14H,4-5,11-12H2,1H3,(H2,20,21,23)/t14-/m1/s1. The van der Waals surface area contributed by atoms with E-state index >= 15 is 0 Å². The lowest BCUT2D eigenvalue weighted by molar-refractivity contribution is 0.249. The van der Waals surface area contributed by atoms with E-state index in [2.05, 4.69) is 26.6 Å². The molecule has 2 amide bonds. The van der Waals surface area contributed by atoms with Gasteiger partial charge in [-0.3, -0.25) is 4.98 Å². The molecule has 5 heteroatoms. The molecule has 1 aromatic carbocycles. The summed E-state index contributed by atoms with van der Waals surface area (Å²) in [5.74, 6) is 0. The summed E-state index contributed by atoms with van der Waals surface area (Å²) in [4.78, 5) is 18.8. The summed E-state index contributed by atoms with van der Waals surface area (Å²) in [6.45, 7) is 4.10. The van der Waals surface area contributed by atoms with Crippen LogP contribution >= 0.6 is 0 Å². The Labute approximate surface area is 136 Å². The van der Waals surface area contributed by atoms with Gasteiger partial charge in [0.25, 0.3) is 0 Å². The molecular formula is C18H22N4O. The van der Waals surface area contributed by atoms with Crippen molar-refractivity contribution in [1.82, 2.24) is 10.3 Å². The van der Waals surface area contributed by atoms with Gasteiger partial charge >= 0.3 is 6.03 Å². The van der Waals surface area contributed by atoms with E-state index in [0.717, 1.165) is 30.2 Å². The number of amides is 2. The van der Waals surface area contributed by atoms with Gasteiger partial charge in [0.15, 0.2) is 0 Å². The number of carbonyl (C=O) groups is 1. The Balaban J connectivity index is 1.60. The lowest BCUT2D eigenvalue weighted by atomic mass is 10.2. The van der Waals surface area contributed by atoms with Gasteiger partial charge in [-0.15, -0.1) is 0 Å². The van der Waals surface area contributed by atoms with Crippen molar-refractivity contribution in [1.29, 1.82) is 0 Å². The zero-order valence-corrected chi connectivity index (χ0v) is 13.3. The first-order valence-corrected chi connectivity index (χ1v) is 8.06. The number of hydrogen-bond acceptors (Lipinski definition) is 3. The third kappa shape index (κ3) is 4.00. The summed E-state index contributed by atoms with van der Waals surface area (Å²) < 4.78 is 0. The monoisotopic (exact) mass is 310 g/mol. The van der Waals surface area contributed by atoms with Crippen LogP contribution in [0.15, 0.2) is 48.7 Å². The number of nitrogens with zero attached hydrogens (tertiary/aromatic N) is 2. The zero-order chi connectivity index (χ0) is 16.1. The van der Waals surface area contributed by atoms with Gasteiger partial charge < -0.3 is 15.5 Å². The lowest BCUT2D eigenvalue weighted by Gasteiger charge is -2.19. The number of anilines is 2. The van der Waals surface area contributed by atoms with E-state index in [-0.39, 0.29) is 12.1 Å². The summed E-state index contributed by atoms with van der Waals surface area (Å²) in [6.07, 6.45) is 4.20. The van der Waals surface area contributed by atoms with Crippen molar-refractivity contribution in [2.24, 2.45) is 0 Å². The number of urea groups is 1. The Morgan fingerprint density at radius 1 is 1.17 bits per heavy atom. The van der Waals surface area contributed by atoms with Crippen LogP contribution in [0.4, 0.5) is 16.2 Å². The molecule has 0 aliphatic carbocycles. The normalized spacial score (nSPS) is 15.3. The van der Waals surface area contributed by atoms with Gasteiger partial charge in [0, 0.05) is 30.7 Å². The van der Waals surface area contributed by atoms with Crippen LogP contribution in [0.1, 0.15) is 31.5 Å². The summed E-state index contributed by atoms with van der Waals surface area (Å²) in [5, 5.41) is 5.81. The SMILES string of the molecule is C[C@@H](NC(=O)Nc1cccc(N2CCCC2)c1)c1ccccn1. The summed E-state index contributed by atoms with van der Waals surface area (Å²) in [5.41, 5.74) is 2.81. The number of nitrogens with one attached hydrogen (secondary N) is 2.